The Morgan fingerprint density at radius 2 is 2.00 bits per heavy atom. The van der Waals surface area contributed by atoms with Crippen LogP contribution in [0.4, 0.5) is 14.5 Å². The number of benzene rings is 1. The third-order valence-electron chi connectivity index (χ3n) is 2.29. The Hall–Kier alpha value is -1.69. The highest BCUT2D eigenvalue weighted by atomic mass is 19.2. The number of ether oxygens (including phenoxy) is 1. The molecule has 0 spiro atoms. The molecule has 0 aliphatic carbocycles. The Morgan fingerprint density at radius 1 is 1.39 bits per heavy atom. The predicted octanol–water partition coefficient (Wildman–Crippen LogP) is 2.50. The number of hydrogen-bond acceptors (Lipinski definition) is 3. The summed E-state index contributed by atoms with van der Waals surface area (Å²) in [6.45, 7) is 3.78. The number of aromatic carboxylic acids is 1. The molecule has 0 aromatic heterocycles. The van der Waals surface area contributed by atoms with Gasteiger partial charge in [0.25, 0.3) is 0 Å². The lowest BCUT2D eigenvalue weighted by atomic mass is 10.1. The van der Waals surface area contributed by atoms with Gasteiger partial charge in [0.05, 0.1) is 23.4 Å². The molecule has 0 saturated heterocycles. The van der Waals surface area contributed by atoms with E-state index in [4.69, 9.17) is 9.84 Å². The van der Waals surface area contributed by atoms with Gasteiger partial charge in [-0.1, -0.05) is 0 Å². The molecular formula is C12H15F2NO3. The van der Waals surface area contributed by atoms with Crippen molar-refractivity contribution in [3.8, 4) is 0 Å². The van der Waals surface area contributed by atoms with Crippen LogP contribution in [0, 0.1) is 11.6 Å². The second-order valence-corrected chi connectivity index (χ2v) is 4.54. The molecule has 18 heavy (non-hydrogen) atoms. The third-order valence-corrected chi connectivity index (χ3v) is 2.29. The minimum absolute atomic E-state index is 0.0976. The van der Waals surface area contributed by atoms with Crippen LogP contribution < -0.4 is 5.32 Å². The average Bonchev–Trinajstić information content (AvgIpc) is 2.24. The minimum atomic E-state index is -1.51. The quantitative estimate of drug-likeness (QED) is 0.853. The van der Waals surface area contributed by atoms with Crippen molar-refractivity contribution in [3.05, 3.63) is 29.3 Å². The molecule has 6 heteroatoms. The van der Waals surface area contributed by atoms with Gasteiger partial charge in [-0.3, -0.25) is 0 Å². The molecule has 0 amide bonds. The summed E-state index contributed by atoms with van der Waals surface area (Å²) in [6.07, 6.45) is 0. The molecule has 0 atom stereocenters. The summed E-state index contributed by atoms with van der Waals surface area (Å²) in [5, 5.41) is 11.4. The first-order valence-electron chi connectivity index (χ1n) is 5.27. The molecule has 0 heterocycles. The largest absolute Gasteiger partial charge is 0.478 e. The molecule has 0 radical (unpaired) electrons. The van der Waals surface area contributed by atoms with Crippen molar-refractivity contribution in [1.82, 2.24) is 0 Å². The number of nitrogens with one attached hydrogen (secondary N) is 1. The van der Waals surface area contributed by atoms with Gasteiger partial charge < -0.3 is 15.2 Å². The summed E-state index contributed by atoms with van der Waals surface area (Å²) in [7, 11) is 1.49. The molecular weight excluding hydrogens is 244 g/mol. The minimum Gasteiger partial charge on any atom is -0.478 e. The molecule has 0 unspecified atom stereocenters. The van der Waals surface area contributed by atoms with E-state index in [0.29, 0.717) is 0 Å². The van der Waals surface area contributed by atoms with Crippen molar-refractivity contribution in [2.24, 2.45) is 0 Å². The van der Waals surface area contributed by atoms with Gasteiger partial charge in [0.1, 0.15) is 0 Å². The fraction of sp³-hybridized carbons (Fsp3) is 0.417. The van der Waals surface area contributed by atoms with Crippen LogP contribution in [0.2, 0.25) is 0 Å². The van der Waals surface area contributed by atoms with E-state index in [9.17, 15) is 13.6 Å². The van der Waals surface area contributed by atoms with Gasteiger partial charge >= 0.3 is 5.97 Å². The predicted molar refractivity (Wildman–Crippen MR) is 62.9 cm³/mol. The highest BCUT2D eigenvalue weighted by Crippen LogP contribution is 2.23. The molecule has 0 bridgehead atoms. The van der Waals surface area contributed by atoms with E-state index in [1.165, 1.54) is 13.2 Å². The standard InChI is InChI=1S/C12H15F2NO3/c1-12(2,6-18-3)15-8-5-4-7(11(16)17)9(13)10(8)14/h4-5,15H,6H2,1-3H3,(H,16,17). The number of carboxylic acid groups (broad SMARTS) is 1. The number of hydrogen-bond donors (Lipinski definition) is 2. The SMILES string of the molecule is COCC(C)(C)Nc1ccc(C(=O)O)c(F)c1F. The van der Waals surface area contributed by atoms with Gasteiger partial charge in [-0.25, -0.2) is 13.6 Å². The van der Waals surface area contributed by atoms with E-state index >= 15 is 0 Å². The Bertz CT molecular complexity index is 461. The molecule has 1 aromatic carbocycles. The van der Waals surface area contributed by atoms with Crippen LogP contribution in [0.15, 0.2) is 12.1 Å². The van der Waals surface area contributed by atoms with Crippen LogP contribution in [0.3, 0.4) is 0 Å². The highest BCUT2D eigenvalue weighted by molar-refractivity contribution is 5.88. The van der Waals surface area contributed by atoms with Crippen LogP contribution in [-0.2, 0) is 4.74 Å². The van der Waals surface area contributed by atoms with Gasteiger partial charge in [-0.2, -0.15) is 0 Å². The molecule has 2 N–H and O–H groups in total. The summed E-state index contributed by atoms with van der Waals surface area (Å²) in [4.78, 5) is 10.6. The van der Waals surface area contributed by atoms with Crippen molar-refractivity contribution >= 4 is 11.7 Å². The van der Waals surface area contributed by atoms with E-state index in [0.717, 1.165) is 6.07 Å². The molecule has 1 aromatic rings. The van der Waals surface area contributed by atoms with Crippen molar-refractivity contribution in [1.29, 1.82) is 0 Å². The van der Waals surface area contributed by atoms with Crippen LogP contribution in [0.1, 0.15) is 24.2 Å². The topological polar surface area (TPSA) is 58.6 Å². The van der Waals surface area contributed by atoms with Crippen LogP contribution >= 0.6 is 0 Å². The van der Waals surface area contributed by atoms with E-state index < -0.39 is 28.7 Å². The normalized spacial score (nSPS) is 11.4. The van der Waals surface area contributed by atoms with E-state index in [1.54, 1.807) is 13.8 Å². The molecule has 1 rings (SSSR count). The summed E-state index contributed by atoms with van der Waals surface area (Å²) in [6, 6.07) is 2.21. The molecule has 100 valence electrons. The number of anilines is 1. The maximum Gasteiger partial charge on any atom is 0.338 e. The van der Waals surface area contributed by atoms with Crippen molar-refractivity contribution in [2.75, 3.05) is 19.0 Å². The van der Waals surface area contributed by atoms with Gasteiger partial charge in [-0.05, 0) is 26.0 Å². The van der Waals surface area contributed by atoms with E-state index in [-0.39, 0.29) is 12.3 Å². The second kappa shape index (κ2) is 5.30. The van der Waals surface area contributed by atoms with Crippen molar-refractivity contribution in [2.45, 2.75) is 19.4 Å². The zero-order chi connectivity index (χ0) is 13.9. The lowest BCUT2D eigenvalue weighted by molar-refractivity contribution is 0.0690. The highest BCUT2D eigenvalue weighted by Gasteiger charge is 2.23. The number of carboxylic acids is 1. The maximum atomic E-state index is 13.7. The Kier molecular flexibility index (Phi) is 4.24. The summed E-state index contributed by atoms with van der Waals surface area (Å²) in [5.41, 5.74) is -1.39. The van der Waals surface area contributed by atoms with Crippen LogP contribution in [0.5, 0.6) is 0 Å². The van der Waals surface area contributed by atoms with Gasteiger partial charge in [0.2, 0.25) is 0 Å². The third kappa shape index (κ3) is 3.16. The molecule has 0 saturated carbocycles. The zero-order valence-corrected chi connectivity index (χ0v) is 10.4. The van der Waals surface area contributed by atoms with Crippen molar-refractivity contribution < 1.29 is 23.4 Å². The van der Waals surface area contributed by atoms with Crippen molar-refractivity contribution in [3.63, 3.8) is 0 Å². The Balaban J connectivity index is 3.06. The monoisotopic (exact) mass is 259 g/mol. The first-order valence-corrected chi connectivity index (χ1v) is 5.27. The number of methoxy groups -OCH3 is 1. The lowest BCUT2D eigenvalue weighted by Crippen LogP contribution is -2.36. The summed E-state index contributed by atoms with van der Waals surface area (Å²) in [5.74, 6) is -4.09. The number of carbonyl (C=O) groups is 1. The molecule has 0 fully saturated rings. The van der Waals surface area contributed by atoms with Gasteiger partial charge in [0, 0.05) is 7.11 Å². The maximum absolute atomic E-state index is 13.7. The first kappa shape index (κ1) is 14.4. The fourth-order valence-corrected chi connectivity index (χ4v) is 1.57. The second-order valence-electron chi connectivity index (χ2n) is 4.54. The molecule has 0 aliphatic heterocycles. The zero-order valence-electron chi connectivity index (χ0n) is 10.4. The van der Waals surface area contributed by atoms with E-state index in [1.807, 2.05) is 0 Å². The molecule has 0 aliphatic rings. The smallest absolute Gasteiger partial charge is 0.338 e. The number of rotatable bonds is 5. The van der Waals surface area contributed by atoms with Crippen LogP contribution in [-0.4, -0.2) is 30.3 Å². The van der Waals surface area contributed by atoms with Gasteiger partial charge in [0.15, 0.2) is 11.6 Å². The Morgan fingerprint density at radius 3 is 2.50 bits per heavy atom. The van der Waals surface area contributed by atoms with E-state index in [2.05, 4.69) is 5.32 Å². The summed E-state index contributed by atoms with van der Waals surface area (Å²) < 4.78 is 32.0. The summed E-state index contributed by atoms with van der Waals surface area (Å²) >= 11 is 0. The lowest BCUT2D eigenvalue weighted by Gasteiger charge is -2.27. The Labute approximate surface area is 104 Å². The van der Waals surface area contributed by atoms with Gasteiger partial charge in [-0.15, -0.1) is 0 Å². The number of halogens is 2. The average molecular weight is 259 g/mol. The fourth-order valence-electron chi connectivity index (χ4n) is 1.57. The first-order chi connectivity index (χ1) is 8.28. The molecule has 4 nitrogen and oxygen atoms in total. The van der Waals surface area contributed by atoms with Crippen LogP contribution in [0.25, 0.3) is 0 Å².